The summed E-state index contributed by atoms with van der Waals surface area (Å²) in [6.07, 6.45) is 4.82. The second-order valence-corrected chi connectivity index (χ2v) is 6.65. The first-order valence-corrected chi connectivity index (χ1v) is 8.95. The first-order valence-electron chi connectivity index (χ1n) is 8.95. The first-order chi connectivity index (χ1) is 13.6. The highest BCUT2D eigenvalue weighted by molar-refractivity contribution is 6.00. The molecule has 0 aliphatic heterocycles. The lowest BCUT2D eigenvalue weighted by molar-refractivity contribution is 0.111. The molecule has 3 heterocycles. The SMILES string of the molecule is COc1ccc(-c2c(-c3c(C)noc3C)c(C=O)n(C)c2-n2cccc2)cc1. The Labute approximate surface area is 163 Å². The average Bonchev–Trinajstić information content (AvgIpc) is 3.40. The number of hydrogen-bond acceptors (Lipinski definition) is 4. The fourth-order valence-electron chi connectivity index (χ4n) is 3.73. The molecule has 6 heteroatoms. The molecule has 0 radical (unpaired) electrons. The van der Waals surface area contributed by atoms with E-state index in [4.69, 9.17) is 9.26 Å². The lowest BCUT2D eigenvalue weighted by Gasteiger charge is -2.11. The van der Waals surface area contributed by atoms with Crippen molar-refractivity contribution in [3.05, 3.63) is 65.9 Å². The number of carbonyl (C=O) groups is 1. The molecule has 0 amide bonds. The highest BCUT2D eigenvalue weighted by Crippen LogP contribution is 2.43. The van der Waals surface area contributed by atoms with Gasteiger partial charge in [0.1, 0.15) is 17.3 Å². The molecule has 0 aliphatic carbocycles. The van der Waals surface area contributed by atoms with E-state index in [0.29, 0.717) is 11.5 Å². The highest BCUT2D eigenvalue weighted by atomic mass is 16.5. The number of ether oxygens (including phenoxy) is 1. The lowest BCUT2D eigenvalue weighted by Crippen LogP contribution is -2.03. The largest absolute Gasteiger partial charge is 0.497 e. The van der Waals surface area contributed by atoms with Crippen molar-refractivity contribution in [1.82, 2.24) is 14.3 Å². The quantitative estimate of drug-likeness (QED) is 0.479. The second-order valence-electron chi connectivity index (χ2n) is 6.65. The zero-order chi connectivity index (χ0) is 19.8. The van der Waals surface area contributed by atoms with Gasteiger partial charge in [-0.2, -0.15) is 0 Å². The fraction of sp³-hybridized carbons (Fsp3) is 0.182. The Kier molecular flexibility index (Phi) is 4.39. The minimum Gasteiger partial charge on any atom is -0.497 e. The molecule has 3 aromatic heterocycles. The van der Waals surface area contributed by atoms with Crippen molar-refractivity contribution in [3.63, 3.8) is 0 Å². The van der Waals surface area contributed by atoms with E-state index in [0.717, 1.165) is 45.8 Å². The van der Waals surface area contributed by atoms with Gasteiger partial charge in [-0.25, -0.2) is 0 Å². The van der Waals surface area contributed by atoms with Crippen LogP contribution in [0.1, 0.15) is 21.9 Å². The fourth-order valence-corrected chi connectivity index (χ4v) is 3.73. The van der Waals surface area contributed by atoms with Crippen LogP contribution in [0.2, 0.25) is 0 Å². The topological polar surface area (TPSA) is 62.2 Å². The Balaban J connectivity index is 2.12. The van der Waals surface area contributed by atoms with Gasteiger partial charge < -0.3 is 18.4 Å². The molecule has 1 aromatic carbocycles. The molecule has 0 saturated heterocycles. The number of aryl methyl sites for hydroxylation is 2. The zero-order valence-corrected chi connectivity index (χ0v) is 16.3. The summed E-state index contributed by atoms with van der Waals surface area (Å²) in [5.41, 5.74) is 4.91. The lowest BCUT2D eigenvalue weighted by atomic mass is 9.95. The Morgan fingerprint density at radius 1 is 1.04 bits per heavy atom. The molecule has 4 rings (SSSR count). The average molecular weight is 375 g/mol. The van der Waals surface area contributed by atoms with Gasteiger partial charge in [0.25, 0.3) is 0 Å². The molecule has 0 fully saturated rings. The van der Waals surface area contributed by atoms with Crippen molar-refractivity contribution in [2.24, 2.45) is 7.05 Å². The van der Waals surface area contributed by atoms with Gasteiger partial charge in [0.05, 0.1) is 24.1 Å². The second kappa shape index (κ2) is 6.88. The molecule has 0 aliphatic rings. The number of aldehydes is 1. The Morgan fingerprint density at radius 3 is 2.25 bits per heavy atom. The number of rotatable bonds is 5. The Hall–Kier alpha value is -3.54. The van der Waals surface area contributed by atoms with Crippen LogP contribution in [0.3, 0.4) is 0 Å². The number of carbonyl (C=O) groups excluding carboxylic acids is 1. The summed E-state index contributed by atoms with van der Waals surface area (Å²) in [6.45, 7) is 3.75. The van der Waals surface area contributed by atoms with Crippen LogP contribution in [-0.4, -0.2) is 27.7 Å². The smallest absolute Gasteiger partial charge is 0.167 e. The molecule has 0 N–H and O–H groups in total. The molecule has 0 unspecified atom stereocenters. The van der Waals surface area contributed by atoms with Crippen LogP contribution >= 0.6 is 0 Å². The molecular weight excluding hydrogens is 354 g/mol. The first kappa shape index (κ1) is 17.9. The predicted molar refractivity (Wildman–Crippen MR) is 107 cm³/mol. The number of methoxy groups -OCH3 is 1. The van der Waals surface area contributed by atoms with Crippen LogP contribution in [0.15, 0.2) is 53.3 Å². The Morgan fingerprint density at radius 2 is 1.71 bits per heavy atom. The third-order valence-electron chi connectivity index (χ3n) is 5.03. The summed E-state index contributed by atoms with van der Waals surface area (Å²) in [5, 5.41) is 4.10. The van der Waals surface area contributed by atoms with Gasteiger partial charge in [-0.1, -0.05) is 17.3 Å². The van der Waals surface area contributed by atoms with Gasteiger partial charge in [-0.3, -0.25) is 4.79 Å². The van der Waals surface area contributed by atoms with E-state index in [1.165, 1.54) is 0 Å². The van der Waals surface area contributed by atoms with Crippen molar-refractivity contribution in [2.45, 2.75) is 13.8 Å². The molecule has 28 heavy (non-hydrogen) atoms. The van der Waals surface area contributed by atoms with E-state index in [1.807, 2.05) is 78.8 Å². The summed E-state index contributed by atoms with van der Waals surface area (Å²) in [5.74, 6) is 2.35. The van der Waals surface area contributed by atoms with Crippen LogP contribution < -0.4 is 4.74 Å². The molecule has 4 aromatic rings. The van der Waals surface area contributed by atoms with Crippen LogP contribution in [0.4, 0.5) is 0 Å². The minimum absolute atomic E-state index is 0.573. The van der Waals surface area contributed by atoms with Crippen LogP contribution in [0, 0.1) is 13.8 Å². The van der Waals surface area contributed by atoms with Gasteiger partial charge >= 0.3 is 0 Å². The third kappa shape index (κ3) is 2.65. The van der Waals surface area contributed by atoms with Gasteiger partial charge in [-0.05, 0) is 43.7 Å². The summed E-state index contributed by atoms with van der Waals surface area (Å²) >= 11 is 0. The molecular formula is C22H21N3O3. The molecule has 6 nitrogen and oxygen atoms in total. The Bertz CT molecular complexity index is 1110. The minimum atomic E-state index is 0.573. The number of nitrogens with zero attached hydrogens (tertiary/aromatic N) is 3. The molecule has 0 saturated carbocycles. The van der Waals surface area contributed by atoms with E-state index in [1.54, 1.807) is 7.11 Å². The maximum atomic E-state index is 12.1. The van der Waals surface area contributed by atoms with Gasteiger partial charge in [0.2, 0.25) is 0 Å². The molecule has 142 valence electrons. The molecule has 0 bridgehead atoms. The number of benzene rings is 1. The number of hydrogen-bond donors (Lipinski definition) is 0. The maximum absolute atomic E-state index is 12.1. The van der Waals surface area contributed by atoms with Gasteiger partial charge in [0, 0.05) is 30.6 Å². The van der Waals surface area contributed by atoms with Crippen molar-refractivity contribution in [1.29, 1.82) is 0 Å². The van der Waals surface area contributed by atoms with Crippen molar-refractivity contribution in [2.75, 3.05) is 7.11 Å². The normalized spacial score (nSPS) is 11.0. The monoisotopic (exact) mass is 375 g/mol. The van der Waals surface area contributed by atoms with Crippen LogP contribution in [-0.2, 0) is 7.05 Å². The van der Waals surface area contributed by atoms with E-state index in [-0.39, 0.29) is 0 Å². The summed E-state index contributed by atoms with van der Waals surface area (Å²) in [4.78, 5) is 12.1. The number of aromatic nitrogens is 3. The van der Waals surface area contributed by atoms with Crippen LogP contribution in [0.25, 0.3) is 28.1 Å². The molecule has 0 spiro atoms. The van der Waals surface area contributed by atoms with E-state index in [9.17, 15) is 4.79 Å². The van der Waals surface area contributed by atoms with Gasteiger partial charge in [0.15, 0.2) is 6.29 Å². The van der Waals surface area contributed by atoms with Gasteiger partial charge in [-0.15, -0.1) is 0 Å². The summed E-state index contributed by atoms with van der Waals surface area (Å²) in [6, 6.07) is 11.7. The van der Waals surface area contributed by atoms with E-state index < -0.39 is 0 Å². The maximum Gasteiger partial charge on any atom is 0.167 e. The summed E-state index contributed by atoms with van der Waals surface area (Å²) < 4.78 is 14.6. The third-order valence-corrected chi connectivity index (χ3v) is 5.03. The summed E-state index contributed by atoms with van der Waals surface area (Å²) in [7, 11) is 3.54. The van der Waals surface area contributed by atoms with E-state index in [2.05, 4.69) is 5.16 Å². The standard InChI is InChI=1S/C22H21N3O3/c1-14-19(15(2)28-23-14)21-18(13-26)24(3)22(25-11-5-6-12-25)20(21)16-7-9-17(27-4)10-8-16/h5-13H,1-4H3. The van der Waals surface area contributed by atoms with Crippen LogP contribution in [0.5, 0.6) is 5.75 Å². The van der Waals surface area contributed by atoms with Crippen molar-refractivity contribution < 1.29 is 14.1 Å². The highest BCUT2D eigenvalue weighted by Gasteiger charge is 2.28. The van der Waals surface area contributed by atoms with Crippen molar-refractivity contribution >= 4 is 6.29 Å². The zero-order valence-electron chi connectivity index (χ0n) is 16.3. The van der Waals surface area contributed by atoms with Crippen molar-refractivity contribution in [3.8, 4) is 33.8 Å². The van der Waals surface area contributed by atoms with E-state index >= 15 is 0 Å². The predicted octanol–water partition coefficient (Wildman–Crippen LogP) is 4.58. The molecule has 0 atom stereocenters.